The van der Waals surface area contributed by atoms with Crippen molar-refractivity contribution < 1.29 is 14.7 Å². The van der Waals surface area contributed by atoms with Gasteiger partial charge in [0.05, 0.1) is 5.92 Å². The van der Waals surface area contributed by atoms with Crippen molar-refractivity contribution in [2.24, 2.45) is 11.8 Å². The third kappa shape index (κ3) is 4.26. The van der Waals surface area contributed by atoms with E-state index in [0.717, 1.165) is 5.69 Å². The van der Waals surface area contributed by atoms with Gasteiger partial charge < -0.3 is 15.3 Å². The second kappa shape index (κ2) is 6.93. The van der Waals surface area contributed by atoms with Crippen LogP contribution in [-0.2, 0) is 4.79 Å². The molecule has 0 bridgehead atoms. The van der Waals surface area contributed by atoms with Gasteiger partial charge >= 0.3 is 5.97 Å². The molecule has 1 aromatic rings. The predicted octanol–water partition coefficient (Wildman–Crippen LogP) is 1.84. The maximum absolute atomic E-state index is 12.0. The standard InChI is InChI=1S/C15H22N2O3/c1-10(2)13(15(19)20)9-16-14(18)11-6-5-7-12(8-11)17(3)4/h5-8,10,13H,9H2,1-4H3,(H,16,18)(H,19,20). The zero-order chi connectivity index (χ0) is 15.3. The van der Waals surface area contributed by atoms with Gasteiger partial charge in [0, 0.05) is 31.9 Å². The van der Waals surface area contributed by atoms with Gasteiger partial charge in [0.1, 0.15) is 0 Å². The molecule has 110 valence electrons. The minimum absolute atomic E-state index is 0.0269. The number of benzene rings is 1. The fourth-order valence-corrected chi connectivity index (χ4v) is 1.84. The first-order valence-corrected chi connectivity index (χ1v) is 6.61. The average molecular weight is 278 g/mol. The number of rotatable bonds is 6. The molecular formula is C15H22N2O3. The zero-order valence-electron chi connectivity index (χ0n) is 12.4. The maximum Gasteiger partial charge on any atom is 0.308 e. The number of amides is 1. The van der Waals surface area contributed by atoms with Crippen molar-refractivity contribution in [3.8, 4) is 0 Å². The number of carboxylic acids is 1. The van der Waals surface area contributed by atoms with E-state index in [-0.39, 0.29) is 18.4 Å². The van der Waals surface area contributed by atoms with Crippen LogP contribution in [0.25, 0.3) is 0 Å². The van der Waals surface area contributed by atoms with E-state index in [1.807, 2.05) is 38.9 Å². The van der Waals surface area contributed by atoms with Crippen LogP contribution in [0.3, 0.4) is 0 Å². The molecule has 0 saturated carbocycles. The summed E-state index contributed by atoms with van der Waals surface area (Å²) in [6.07, 6.45) is 0. The summed E-state index contributed by atoms with van der Waals surface area (Å²) in [5, 5.41) is 11.8. The highest BCUT2D eigenvalue weighted by molar-refractivity contribution is 5.95. The summed E-state index contributed by atoms with van der Waals surface area (Å²) in [5.41, 5.74) is 1.46. The first-order valence-electron chi connectivity index (χ1n) is 6.61. The quantitative estimate of drug-likeness (QED) is 0.833. The number of aliphatic carboxylic acids is 1. The van der Waals surface area contributed by atoms with E-state index >= 15 is 0 Å². The van der Waals surface area contributed by atoms with Gasteiger partial charge in [-0.3, -0.25) is 9.59 Å². The molecular weight excluding hydrogens is 256 g/mol. The summed E-state index contributed by atoms with van der Waals surface area (Å²) in [7, 11) is 3.80. The zero-order valence-corrected chi connectivity index (χ0v) is 12.4. The molecule has 0 aliphatic heterocycles. The van der Waals surface area contributed by atoms with Crippen LogP contribution in [0.5, 0.6) is 0 Å². The van der Waals surface area contributed by atoms with Gasteiger partial charge in [-0.05, 0) is 24.1 Å². The summed E-state index contributed by atoms with van der Waals surface area (Å²) in [5.74, 6) is -1.74. The molecule has 1 unspecified atom stereocenters. The molecule has 0 fully saturated rings. The Bertz CT molecular complexity index is 484. The van der Waals surface area contributed by atoms with Gasteiger partial charge in [-0.2, -0.15) is 0 Å². The number of nitrogens with zero attached hydrogens (tertiary/aromatic N) is 1. The second-order valence-electron chi connectivity index (χ2n) is 5.34. The minimum Gasteiger partial charge on any atom is -0.481 e. The summed E-state index contributed by atoms with van der Waals surface area (Å²) in [6, 6.07) is 7.21. The first-order chi connectivity index (χ1) is 9.32. The summed E-state index contributed by atoms with van der Waals surface area (Å²) >= 11 is 0. The van der Waals surface area contributed by atoms with Crippen molar-refractivity contribution >= 4 is 17.6 Å². The van der Waals surface area contributed by atoms with Gasteiger partial charge in [0.25, 0.3) is 5.91 Å². The van der Waals surface area contributed by atoms with Gasteiger partial charge in [0.2, 0.25) is 0 Å². The molecule has 0 spiro atoms. The van der Waals surface area contributed by atoms with E-state index in [2.05, 4.69) is 5.32 Å². The van der Waals surface area contributed by atoms with Crippen molar-refractivity contribution in [1.29, 1.82) is 0 Å². The van der Waals surface area contributed by atoms with Crippen LogP contribution >= 0.6 is 0 Å². The Morgan fingerprint density at radius 1 is 1.30 bits per heavy atom. The van der Waals surface area contributed by atoms with Gasteiger partial charge in [0.15, 0.2) is 0 Å². The third-order valence-corrected chi connectivity index (χ3v) is 3.23. The molecule has 5 heteroatoms. The number of nitrogens with one attached hydrogen (secondary N) is 1. The molecule has 0 radical (unpaired) electrons. The number of carboxylic acid groups (broad SMARTS) is 1. The number of hydrogen-bond donors (Lipinski definition) is 2. The topological polar surface area (TPSA) is 69.6 Å². The van der Waals surface area contributed by atoms with Crippen molar-refractivity contribution in [3.05, 3.63) is 29.8 Å². The van der Waals surface area contributed by atoms with E-state index in [1.165, 1.54) is 0 Å². The lowest BCUT2D eigenvalue weighted by Gasteiger charge is -2.17. The Kier molecular flexibility index (Phi) is 5.55. The summed E-state index contributed by atoms with van der Waals surface area (Å²) in [4.78, 5) is 25.0. The molecule has 20 heavy (non-hydrogen) atoms. The molecule has 0 saturated heterocycles. The largest absolute Gasteiger partial charge is 0.481 e. The Balaban J connectivity index is 2.72. The van der Waals surface area contributed by atoms with Crippen LogP contribution in [0, 0.1) is 11.8 Å². The van der Waals surface area contributed by atoms with Gasteiger partial charge in [-0.25, -0.2) is 0 Å². The van der Waals surface area contributed by atoms with Crippen molar-refractivity contribution in [3.63, 3.8) is 0 Å². The number of hydrogen-bond acceptors (Lipinski definition) is 3. The molecule has 5 nitrogen and oxygen atoms in total. The van der Waals surface area contributed by atoms with Gasteiger partial charge in [-0.15, -0.1) is 0 Å². The van der Waals surface area contributed by atoms with Crippen LogP contribution in [0.2, 0.25) is 0 Å². The summed E-state index contributed by atoms with van der Waals surface area (Å²) < 4.78 is 0. The van der Waals surface area contributed by atoms with E-state index in [1.54, 1.807) is 18.2 Å². The van der Waals surface area contributed by atoms with Crippen LogP contribution in [0.1, 0.15) is 24.2 Å². The number of carbonyl (C=O) groups excluding carboxylic acids is 1. The van der Waals surface area contributed by atoms with E-state index in [9.17, 15) is 9.59 Å². The van der Waals surface area contributed by atoms with Gasteiger partial charge in [-0.1, -0.05) is 19.9 Å². The Hall–Kier alpha value is -2.04. The molecule has 1 atom stereocenters. The van der Waals surface area contributed by atoms with E-state index < -0.39 is 11.9 Å². The number of anilines is 1. The lowest BCUT2D eigenvalue weighted by atomic mass is 9.96. The monoisotopic (exact) mass is 278 g/mol. The average Bonchev–Trinajstić information content (AvgIpc) is 2.38. The smallest absolute Gasteiger partial charge is 0.308 e. The first kappa shape index (κ1) is 16.0. The van der Waals surface area contributed by atoms with Crippen LogP contribution in [-0.4, -0.2) is 37.6 Å². The lowest BCUT2D eigenvalue weighted by molar-refractivity contribution is -0.142. The van der Waals surface area contributed by atoms with Crippen LogP contribution < -0.4 is 10.2 Å². The number of carbonyl (C=O) groups is 2. The fraction of sp³-hybridized carbons (Fsp3) is 0.467. The van der Waals surface area contributed by atoms with Crippen molar-refractivity contribution in [2.75, 3.05) is 25.5 Å². The molecule has 0 aliphatic carbocycles. The fourth-order valence-electron chi connectivity index (χ4n) is 1.84. The Morgan fingerprint density at radius 2 is 1.95 bits per heavy atom. The normalized spacial score (nSPS) is 12.1. The second-order valence-corrected chi connectivity index (χ2v) is 5.34. The highest BCUT2D eigenvalue weighted by Gasteiger charge is 2.22. The van der Waals surface area contributed by atoms with Crippen LogP contribution in [0.15, 0.2) is 24.3 Å². The SMILES string of the molecule is CC(C)C(CNC(=O)c1cccc(N(C)C)c1)C(=O)O. The molecule has 1 rings (SSSR count). The molecule has 0 heterocycles. The van der Waals surface area contributed by atoms with E-state index in [4.69, 9.17) is 5.11 Å². The van der Waals surface area contributed by atoms with Crippen molar-refractivity contribution in [1.82, 2.24) is 5.32 Å². The third-order valence-electron chi connectivity index (χ3n) is 3.23. The maximum atomic E-state index is 12.0. The molecule has 2 N–H and O–H groups in total. The molecule has 0 aromatic heterocycles. The summed E-state index contributed by atoms with van der Waals surface area (Å²) in [6.45, 7) is 3.80. The Labute approximate surface area is 119 Å². The van der Waals surface area contributed by atoms with Crippen LogP contribution in [0.4, 0.5) is 5.69 Å². The molecule has 1 amide bonds. The highest BCUT2D eigenvalue weighted by atomic mass is 16.4. The highest BCUT2D eigenvalue weighted by Crippen LogP contribution is 2.14. The molecule has 1 aromatic carbocycles. The minimum atomic E-state index is -0.887. The van der Waals surface area contributed by atoms with Crippen molar-refractivity contribution in [2.45, 2.75) is 13.8 Å². The lowest BCUT2D eigenvalue weighted by Crippen LogP contribution is -2.35. The predicted molar refractivity (Wildman–Crippen MR) is 79.1 cm³/mol. The molecule has 0 aliphatic rings. The Morgan fingerprint density at radius 3 is 2.45 bits per heavy atom. The van der Waals surface area contributed by atoms with E-state index in [0.29, 0.717) is 5.56 Å².